The fraction of sp³-hybridized carbons (Fsp3) is 0.750. The second-order valence-corrected chi connectivity index (χ2v) is 4.15. The van der Waals surface area contributed by atoms with E-state index >= 15 is 0 Å². The normalized spacial score (nSPS) is 13.3. The van der Waals surface area contributed by atoms with Gasteiger partial charge in [-0.25, -0.2) is 4.79 Å². The summed E-state index contributed by atoms with van der Waals surface area (Å²) < 4.78 is 4.92. The molecule has 0 aliphatic heterocycles. The summed E-state index contributed by atoms with van der Waals surface area (Å²) in [5.41, 5.74) is -0.552. The van der Waals surface area contributed by atoms with Crippen molar-refractivity contribution >= 4 is 23.8 Å². The number of hydrogen-bond donors (Lipinski definition) is 2. The predicted molar refractivity (Wildman–Crippen MR) is 52.8 cm³/mol. The molecule has 0 bridgehead atoms. The number of alkyl carbamates (subject to hydrolysis) is 1. The Labute approximate surface area is 83.4 Å². The van der Waals surface area contributed by atoms with Crippen molar-refractivity contribution in [3.8, 4) is 0 Å². The summed E-state index contributed by atoms with van der Waals surface area (Å²) in [6.45, 7) is 6.79. The van der Waals surface area contributed by atoms with Crippen LogP contribution in [0.25, 0.3) is 0 Å². The van der Waals surface area contributed by atoms with Crippen molar-refractivity contribution in [1.29, 1.82) is 0 Å². The minimum Gasteiger partial charge on any atom is -0.444 e. The van der Waals surface area contributed by atoms with Crippen molar-refractivity contribution in [2.24, 2.45) is 0 Å². The number of nitrogens with one attached hydrogen (secondary N) is 1. The van der Waals surface area contributed by atoms with Crippen LogP contribution in [-0.4, -0.2) is 22.9 Å². The maximum Gasteiger partial charge on any atom is 0.408 e. The van der Waals surface area contributed by atoms with Crippen molar-refractivity contribution in [3.05, 3.63) is 0 Å². The smallest absolute Gasteiger partial charge is 0.408 e. The summed E-state index contributed by atoms with van der Waals surface area (Å²) >= 11 is 3.57. The number of ether oxygens (including phenoxy) is 1. The summed E-state index contributed by atoms with van der Waals surface area (Å²) in [7, 11) is 0. The third-order valence-electron chi connectivity index (χ3n) is 1.10. The number of hydrogen-bond acceptors (Lipinski definition) is 3. The Morgan fingerprint density at radius 1 is 1.38 bits per heavy atom. The molecule has 5 heteroatoms. The summed E-state index contributed by atoms with van der Waals surface area (Å²) in [5.74, 6) is 0. The molecule has 1 amide bonds. The first-order chi connectivity index (χ1) is 5.72. The lowest BCUT2D eigenvalue weighted by molar-refractivity contribution is -0.112. The second kappa shape index (κ2) is 4.50. The van der Waals surface area contributed by atoms with Gasteiger partial charge in [-0.05, 0) is 27.7 Å². The largest absolute Gasteiger partial charge is 0.444 e. The molecule has 1 atom stereocenters. The number of rotatable bonds is 2. The van der Waals surface area contributed by atoms with Crippen LogP contribution in [-0.2, 0) is 9.53 Å². The molecule has 4 nitrogen and oxygen atoms in total. The van der Waals surface area contributed by atoms with Crippen LogP contribution in [0.3, 0.4) is 0 Å². The molecule has 1 N–H and O–H groups in total. The van der Waals surface area contributed by atoms with E-state index in [9.17, 15) is 9.59 Å². The SMILES string of the molecule is CC(NC(=O)OC(C)(C)C)C(=O)S. The van der Waals surface area contributed by atoms with Crippen LogP contribution in [0.15, 0.2) is 0 Å². The average Bonchev–Trinajstić information content (AvgIpc) is 1.81. The topological polar surface area (TPSA) is 55.4 Å². The zero-order valence-electron chi connectivity index (χ0n) is 8.25. The standard InChI is InChI=1S/C8H15NO3S/c1-5(6(10)13)9-7(11)12-8(2,3)4/h5H,1-4H3,(H,9,11)(H,10,13). The Bertz CT molecular complexity index is 210. The first kappa shape index (κ1) is 12.3. The third-order valence-corrected chi connectivity index (χ3v) is 1.49. The lowest BCUT2D eigenvalue weighted by Crippen LogP contribution is -2.40. The Hall–Kier alpha value is -0.710. The monoisotopic (exact) mass is 205 g/mol. The quantitative estimate of drug-likeness (QED) is 0.669. The molecule has 0 spiro atoms. The van der Waals surface area contributed by atoms with Gasteiger partial charge in [0, 0.05) is 0 Å². The van der Waals surface area contributed by atoms with E-state index in [0.29, 0.717) is 0 Å². The van der Waals surface area contributed by atoms with Gasteiger partial charge in [0.1, 0.15) is 5.60 Å². The summed E-state index contributed by atoms with van der Waals surface area (Å²) in [6, 6.07) is -0.627. The van der Waals surface area contributed by atoms with Gasteiger partial charge in [-0.15, -0.1) is 12.6 Å². The molecule has 0 fully saturated rings. The zero-order chi connectivity index (χ0) is 10.6. The lowest BCUT2D eigenvalue weighted by Gasteiger charge is -2.20. The van der Waals surface area contributed by atoms with Crippen LogP contribution in [0.5, 0.6) is 0 Å². The maximum absolute atomic E-state index is 11.1. The summed E-state index contributed by atoms with van der Waals surface area (Å²) in [5, 5.41) is 1.95. The molecule has 13 heavy (non-hydrogen) atoms. The van der Waals surface area contributed by atoms with Gasteiger partial charge in [0.15, 0.2) is 0 Å². The second-order valence-electron chi connectivity index (χ2n) is 3.71. The average molecular weight is 205 g/mol. The lowest BCUT2D eigenvalue weighted by atomic mass is 10.2. The van der Waals surface area contributed by atoms with Gasteiger partial charge < -0.3 is 10.1 Å². The number of carbonyl (C=O) groups is 2. The van der Waals surface area contributed by atoms with Crippen LogP contribution in [0.4, 0.5) is 4.79 Å². The highest BCUT2D eigenvalue weighted by atomic mass is 32.1. The van der Waals surface area contributed by atoms with Gasteiger partial charge in [-0.1, -0.05) is 0 Å². The van der Waals surface area contributed by atoms with Crippen molar-refractivity contribution in [2.45, 2.75) is 39.3 Å². The summed E-state index contributed by atoms with van der Waals surface area (Å²) in [6.07, 6.45) is -0.609. The molecule has 0 saturated heterocycles. The van der Waals surface area contributed by atoms with E-state index in [1.807, 2.05) is 0 Å². The molecule has 0 aliphatic rings. The van der Waals surface area contributed by atoms with Crippen LogP contribution in [0.2, 0.25) is 0 Å². The summed E-state index contributed by atoms with van der Waals surface area (Å²) in [4.78, 5) is 21.7. The molecular weight excluding hydrogens is 190 g/mol. The third kappa shape index (κ3) is 6.45. The van der Waals surface area contributed by atoms with Crippen molar-refractivity contribution in [2.75, 3.05) is 0 Å². The van der Waals surface area contributed by atoms with Crippen LogP contribution < -0.4 is 5.32 Å². The molecule has 76 valence electrons. The molecule has 0 aromatic heterocycles. The fourth-order valence-electron chi connectivity index (χ4n) is 0.546. The van der Waals surface area contributed by atoms with Gasteiger partial charge in [0.2, 0.25) is 5.12 Å². The first-order valence-corrected chi connectivity index (χ1v) is 4.39. The minimum absolute atomic E-state index is 0.397. The Morgan fingerprint density at radius 3 is 2.15 bits per heavy atom. The molecule has 0 saturated carbocycles. The van der Waals surface area contributed by atoms with Gasteiger partial charge in [-0.2, -0.15) is 0 Å². The molecule has 0 aromatic carbocycles. The van der Waals surface area contributed by atoms with Crippen molar-refractivity contribution in [1.82, 2.24) is 5.32 Å². The van der Waals surface area contributed by atoms with E-state index in [4.69, 9.17) is 4.74 Å². The van der Waals surface area contributed by atoms with E-state index in [1.165, 1.54) is 0 Å². The molecule has 0 heterocycles. The van der Waals surface area contributed by atoms with Crippen LogP contribution in [0, 0.1) is 0 Å². The molecular formula is C8H15NO3S. The van der Waals surface area contributed by atoms with E-state index in [-0.39, 0.29) is 0 Å². The molecule has 0 aliphatic carbocycles. The highest BCUT2D eigenvalue weighted by Crippen LogP contribution is 2.06. The fourth-order valence-corrected chi connectivity index (χ4v) is 0.611. The predicted octanol–water partition coefficient (Wildman–Crippen LogP) is 1.36. The van der Waals surface area contributed by atoms with Gasteiger partial charge in [-0.3, -0.25) is 4.79 Å². The molecule has 0 aromatic rings. The highest BCUT2D eigenvalue weighted by molar-refractivity contribution is 7.96. The van der Waals surface area contributed by atoms with Crippen molar-refractivity contribution in [3.63, 3.8) is 0 Å². The first-order valence-electron chi connectivity index (χ1n) is 3.94. The number of thiol groups is 1. The molecule has 1 unspecified atom stereocenters. The van der Waals surface area contributed by atoms with Gasteiger partial charge in [0.25, 0.3) is 0 Å². The van der Waals surface area contributed by atoms with E-state index < -0.39 is 22.9 Å². The van der Waals surface area contributed by atoms with Gasteiger partial charge >= 0.3 is 6.09 Å². The number of amides is 1. The van der Waals surface area contributed by atoms with E-state index in [1.54, 1.807) is 27.7 Å². The van der Waals surface area contributed by atoms with Crippen molar-refractivity contribution < 1.29 is 14.3 Å². The van der Waals surface area contributed by atoms with Crippen LogP contribution >= 0.6 is 12.6 Å². The molecule has 0 radical (unpaired) electrons. The Balaban J connectivity index is 3.96. The molecule has 0 rings (SSSR count). The maximum atomic E-state index is 11.1. The minimum atomic E-state index is -0.627. The van der Waals surface area contributed by atoms with Gasteiger partial charge in [0.05, 0.1) is 6.04 Å². The Morgan fingerprint density at radius 2 is 1.85 bits per heavy atom. The Kier molecular flexibility index (Phi) is 4.26. The zero-order valence-corrected chi connectivity index (χ0v) is 9.14. The highest BCUT2D eigenvalue weighted by Gasteiger charge is 2.19. The van der Waals surface area contributed by atoms with Crippen LogP contribution in [0.1, 0.15) is 27.7 Å². The van der Waals surface area contributed by atoms with E-state index in [0.717, 1.165) is 0 Å². The van der Waals surface area contributed by atoms with E-state index in [2.05, 4.69) is 17.9 Å². The number of carbonyl (C=O) groups excluding carboxylic acids is 2.